The van der Waals surface area contributed by atoms with E-state index >= 15 is 4.79 Å². The molecule has 0 radical (unpaired) electrons. The van der Waals surface area contributed by atoms with Crippen molar-refractivity contribution in [2.75, 3.05) is 52.7 Å². The SMILES string of the molecule is C[C@@H]1OC[C@H](C)OCCn2c(c3c4cc(ccc42)-c2csc(n2)[C@@H](N2CC4(COC4)C2)[C@H](NC(=O)C24CC(C2)[C@H](C)O4)C(=O)N2CCC[C@H](N2)C(=O)OCC(C)(C)C3)-c2cccnc21. The summed E-state index contributed by atoms with van der Waals surface area (Å²) in [7, 11) is 0. The Hall–Kier alpha value is -4.29. The van der Waals surface area contributed by atoms with E-state index in [1.165, 1.54) is 16.3 Å². The number of rotatable bonds is 3. The van der Waals surface area contributed by atoms with E-state index < -0.39 is 35.1 Å². The van der Waals surface area contributed by atoms with Crippen molar-refractivity contribution in [2.24, 2.45) is 16.7 Å². The molecule has 6 fully saturated rings. The lowest BCUT2D eigenvalue weighted by molar-refractivity contribution is -0.203. The molecule has 6 atom stereocenters. The van der Waals surface area contributed by atoms with Crippen LogP contribution in [0.25, 0.3) is 33.4 Å². The summed E-state index contributed by atoms with van der Waals surface area (Å²) in [4.78, 5) is 56.2. The normalized spacial score (nSPS) is 32.5. The molecule has 4 aromatic rings. The third-order valence-electron chi connectivity index (χ3n) is 14.8. The predicted molar refractivity (Wildman–Crippen MR) is 238 cm³/mol. The summed E-state index contributed by atoms with van der Waals surface area (Å²) in [5.74, 6) is -0.665. The molecule has 1 aromatic carbocycles. The van der Waals surface area contributed by atoms with E-state index in [2.05, 4.69) is 63.7 Å². The van der Waals surface area contributed by atoms with E-state index in [1.807, 2.05) is 33.0 Å². The largest absolute Gasteiger partial charge is 0.464 e. The van der Waals surface area contributed by atoms with E-state index in [1.54, 1.807) is 0 Å². The van der Waals surface area contributed by atoms with Gasteiger partial charge in [0.25, 0.3) is 11.8 Å². The predicted octanol–water partition coefficient (Wildman–Crippen LogP) is 5.37. The Morgan fingerprint density at radius 3 is 2.62 bits per heavy atom. The van der Waals surface area contributed by atoms with Crippen molar-refractivity contribution in [1.29, 1.82) is 0 Å². The second-order valence-corrected chi connectivity index (χ2v) is 21.3. The van der Waals surface area contributed by atoms with Crippen LogP contribution in [-0.4, -0.2) is 125 Å². The molecule has 15 nitrogen and oxygen atoms in total. The second kappa shape index (κ2) is 16.0. The van der Waals surface area contributed by atoms with Crippen LogP contribution in [0.4, 0.5) is 0 Å². The van der Waals surface area contributed by atoms with Crippen LogP contribution in [0.5, 0.6) is 0 Å². The van der Waals surface area contributed by atoms with Crippen LogP contribution in [0, 0.1) is 16.7 Å². The summed E-state index contributed by atoms with van der Waals surface area (Å²) < 4.78 is 33.2. The fraction of sp³-hybridized carbons (Fsp3) is 0.604. The lowest BCUT2D eigenvalue weighted by Crippen LogP contribution is -2.70. The van der Waals surface area contributed by atoms with Gasteiger partial charge in [-0.1, -0.05) is 19.9 Å². The molecule has 2 N–H and O–H groups in total. The minimum Gasteiger partial charge on any atom is -0.464 e. The Bertz CT molecular complexity index is 2490. The molecule has 1 saturated carbocycles. The second-order valence-electron chi connectivity index (χ2n) is 20.4. The number of carbonyl (C=O) groups excluding carboxylic acids is 3. The summed E-state index contributed by atoms with van der Waals surface area (Å²) in [5, 5.41) is 8.66. The van der Waals surface area contributed by atoms with Gasteiger partial charge >= 0.3 is 5.97 Å². The fourth-order valence-electron chi connectivity index (χ4n) is 11.3. The maximum Gasteiger partial charge on any atom is 0.324 e. The zero-order valence-corrected chi connectivity index (χ0v) is 38.2. The lowest BCUT2D eigenvalue weighted by Gasteiger charge is -2.58. The molecule has 3 aromatic heterocycles. The Morgan fingerprint density at radius 1 is 1.03 bits per heavy atom. The monoisotopic (exact) mass is 893 g/mol. The van der Waals surface area contributed by atoms with Crippen molar-refractivity contribution in [3.63, 3.8) is 0 Å². The number of hydrogen-bond acceptors (Lipinski definition) is 13. The number of esters is 1. The Labute approximate surface area is 377 Å². The number of carbonyl (C=O) groups is 3. The standard InChI is InChI=1S/C48H59N7O8S/c1-27-20-61-29(3)38-32(8-6-12-49-38)40-34-19-46(4,5)24-62-44(57)35-9-7-13-55(52-35)43(56)39(51-45(58)48-17-31(18-48)28(2)63-48)41(53-22-47(23-53)25-59-26-47)42-50-36(21-64-42)30-10-11-37(33(34)16-30)54(40)14-15-60-27/h6,8,10-12,16,21,27-29,31,35,39,41,52H,7,9,13-15,17-20,22-26H2,1-5H3,(H,51,58)/t27-,28-,29-,31?,35-,39-,41-,48?/m0/s1. The van der Waals surface area contributed by atoms with Gasteiger partial charge in [-0.05, 0) is 88.6 Å². The van der Waals surface area contributed by atoms with Gasteiger partial charge in [-0.2, -0.15) is 0 Å². The number of benzene rings is 1. The third-order valence-corrected chi connectivity index (χ3v) is 15.8. The number of thiazole rings is 1. The molecule has 340 valence electrons. The maximum absolute atomic E-state index is 15.1. The number of likely N-dealkylation sites (tertiary alicyclic amines) is 1. The zero-order valence-electron chi connectivity index (χ0n) is 37.4. The van der Waals surface area contributed by atoms with Crippen molar-refractivity contribution < 1.29 is 38.1 Å². The number of hydrogen-bond donors (Lipinski definition) is 2. The molecule has 10 heterocycles. The van der Waals surface area contributed by atoms with Crippen LogP contribution in [-0.2, 0) is 51.0 Å². The van der Waals surface area contributed by atoms with Crippen LogP contribution in [0.15, 0.2) is 41.9 Å². The van der Waals surface area contributed by atoms with Crippen molar-refractivity contribution >= 4 is 40.0 Å². The number of fused-ring (bicyclic) bond motifs is 12. The topological polar surface area (TPSA) is 159 Å². The summed E-state index contributed by atoms with van der Waals surface area (Å²) >= 11 is 1.51. The zero-order chi connectivity index (χ0) is 44.1. The van der Waals surface area contributed by atoms with Crippen LogP contribution in [0.3, 0.4) is 0 Å². The minimum atomic E-state index is -1.01. The summed E-state index contributed by atoms with van der Waals surface area (Å²) in [6.45, 7) is 15.2. The number of aromatic nitrogens is 3. The number of nitrogens with one attached hydrogen (secondary N) is 2. The Morgan fingerprint density at radius 2 is 1.86 bits per heavy atom. The molecule has 16 heteroatoms. The quantitative estimate of drug-likeness (QED) is 0.254. The van der Waals surface area contributed by atoms with E-state index in [9.17, 15) is 9.59 Å². The highest BCUT2D eigenvalue weighted by Crippen LogP contribution is 2.53. The first-order chi connectivity index (χ1) is 30.8. The van der Waals surface area contributed by atoms with Crippen molar-refractivity contribution in [3.05, 3.63) is 58.2 Å². The molecular formula is C48H59N7O8S. The van der Waals surface area contributed by atoms with E-state index in [4.69, 9.17) is 33.7 Å². The van der Waals surface area contributed by atoms with Crippen LogP contribution in [0.2, 0.25) is 0 Å². The van der Waals surface area contributed by atoms with Crippen LogP contribution >= 0.6 is 11.3 Å². The van der Waals surface area contributed by atoms with Gasteiger partial charge in [0.05, 0.1) is 74.5 Å². The Balaban J connectivity index is 1.06. The molecule has 2 amide bonds. The average molecular weight is 894 g/mol. The summed E-state index contributed by atoms with van der Waals surface area (Å²) in [6.07, 6.45) is 4.38. The van der Waals surface area contributed by atoms with Gasteiger partial charge < -0.3 is 33.6 Å². The molecule has 7 aliphatic heterocycles. The van der Waals surface area contributed by atoms with E-state index in [-0.39, 0.29) is 42.1 Å². The minimum absolute atomic E-state index is 0.0175. The van der Waals surface area contributed by atoms with Gasteiger partial charge in [0.15, 0.2) is 0 Å². The average Bonchev–Trinajstić information content (AvgIpc) is 4.01. The summed E-state index contributed by atoms with van der Waals surface area (Å²) in [5.41, 5.74) is 8.61. The smallest absolute Gasteiger partial charge is 0.324 e. The third kappa shape index (κ3) is 7.28. The highest BCUT2D eigenvalue weighted by Gasteiger charge is 2.62. The highest BCUT2D eigenvalue weighted by molar-refractivity contribution is 7.10. The molecule has 12 rings (SSSR count). The van der Waals surface area contributed by atoms with Crippen molar-refractivity contribution in [2.45, 2.75) is 115 Å². The molecule has 0 unspecified atom stereocenters. The van der Waals surface area contributed by atoms with Gasteiger partial charge in [-0.25, -0.2) is 10.4 Å². The first kappa shape index (κ1) is 42.4. The van der Waals surface area contributed by atoms with Gasteiger partial charge in [0.1, 0.15) is 22.7 Å². The first-order valence-electron chi connectivity index (χ1n) is 23.1. The van der Waals surface area contributed by atoms with Gasteiger partial charge in [0, 0.05) is 70.6 Å². The fourth-order valence-corrected chi connectivity index (χ4v) is 12.3. The molecule has 1 aliphatic carbocycles. The van der Waals surface area contributed by atoms with Gasteiger partial charge in [0.2, 0.25) is 0 Å². The number of nitrogens with zero attached hydrogens (tertiary/aromatic N) is 5. The lowest BCUT2D eigenvalue weighted by atomic mass is 9.72. The van der Waals surface area contributed by atoms with Crippen LogP contribution < -0.4 is 10.7 Å². The van der Waals surface area contributed by atoms with Gasteiger partial charge in [-0.3, -0.25) is 29.3 Å². The van der Waals surface area contributed by atoms with Crippen molar-refractivity contribution in [1.82, 2.24) is 35.2 Å². The Kier molecular flexibility index (Phi) is 10.6. The van der Waals surface area contributed by atoms with Crippen molar-refractivity contribution in [3.8, 4) is 22.5 Å². The number of amides is 2. The first-order valence-corrected chi connectivity index (χ1v) is 24.0. The van der Waals surface area contributed by atoms with Gasteiger partial charge in [-0.15, -0.1) is 11.3 Å². The molecule has 5 saturated heterocycles. The van der Waals surface area contributed by atoms with E-state index in [0.29, 0.717) is 90.6 Å². The maximum atomic E-state index is 15.1. The van der Waals surface area contributed by atoms with Crippen LogP contribution in [0.1, 0.15) is 88.7 Å². The number of pyridine rings is 1. The summed E-state index contributed by atoms with van der Waals surface area (Å²) in [6, 6.07) is 8.31. The number of ether oxygens (including phenoxy) is 5. The number of hydrazine groups is 1. The van der Waals surface area contributed by atoms with E-state index in [0.717, 1.165) is 49.7 Å². The molecular weight excluding hydrogens is 835 g/mol. The molecule has 1 spiro atoms. The number of cyclic esters (lactones) is 1. The molecule has 64 heavy (non-hydrogen) atoms. The highest BCUT2D eigenvalue weighted by atomic mass is 32.1. The molecule has 8 bridgehead atoms. The molecule has 8 aliphatic rings.